The third-order valence-corrected chi connectivity index (χ3v) is 3.60. The predicted octanol–water partition coefficient (Wildman–Crippen LogP) is 5.18. The van der Waals surface area contributed by atoms with Crippen molar-refractivity contribution in [1.82, 2.24) is 9.78 Å². The van der Waals surface area contributed by atoms with Gasteiger partial charge in [0.15, 0.2) is 0 Å². The number of halogens is 1. The minimum Gasteiger partial charge on any atom is -0.494 e. The number of nitrogens with zero attached hydrogens (tertiary/aromatic N) is 4. The van der Waals surface area contributed by atoms with Gasteiger partial charge in [0, 0.05) is 5.33 Å². The summed E-state index contributed by atoms with van der Waals surface area (Å²) in [6.07, 6.45) is 3.94. The van der Waals surface area contributed by atoms with Crippen LogP contribution in [0.4, 0.5) is 11.4 Å². The first-order chi connectivity index (χ1) is 10.7. The molecule has 22 heavy (non-hydrogen) atoms. The SMILES string of the molecule is CCCCOc1ccc(N=Nc2cnn(CCBr)c2C)cc1. The summed E-state index contributed by atoms with van der Waals surface area (Å²) in [4.78, 5) is 0. The first kappa shape index (κ1) is 16.7. The van der Waals surface area contributed by atoms with Crippen molar-refractivity contribution < 1.29 is 4.74 Å². The van der Waals surface area contributed by atoms with Gasteiger partial charge in [0.1, 0.15) is 11.4 Å². The molecule has 1 aromatic carbocycles. The Labute approximate surface area is 139 Å². The number of ether oxygens (including phenoxy) is 1. The highest BCUT2D eigenvalue weighted by Crippen LogP contribution is 2.23. The summed E-state index contributed by atoms with van der Waals surface area (Å²) in [6, 6.07) is 7.66. The second kappa shape index (κ2) is 8.68. The van der Waals surface area contributed by atoms with Gasteiger partial charge in [0.05, 0.1) is 30.7 Å². The third kappa shape index (κ3) is 4.66. The first-order valence-corrected chi connectivity index (χ1v) is 8.59. The van der Waals surface area contributed by atoms with Crippen LogP contribution in [-0.2, 0) is 6.54 Å². The number of alkyl halides is 1. The minimum atomic E-state index is 0.753. The zero-order valence-electron chi connectivity index (χ0n) is 13.0. The molecular weight excluding hydrogens is 344 g/mol. The molecule has 2 rings (SSSR count). The molecule has 0 radical (unpaired) electrons. The van der Waals surface area contributed by atoms with Crippen molar-refractivity contribution in [3.63, 3.8) is 0 Å². The van der Waals surface area contributed by atoms with Gasteiger partial charge in [-0.25, -0.2) is 0 Å². The molecule has 0 aliphatic rings. The molecule has 5 nitrogen and oxygen atoms in total. The molecule has 1 aromatic heterocycles. The highest BCUT2D eigenvalue weighted by molar-refractivity contribution is 9.09. The van der Waals surface area contributed by atoms with E-state index in [4.69, 9.17) is 4.74 Å². The quantitative estimate of drug-likeness (QED) is 0.368. The molecule has 0 aliphatic carbocycles. The summed E-state index contributed by atoms with van der Waals surface area (Å²) >= 11 is 3.41. The average molecular weight is 365 g/mol. The lowest BCUT2D eigenvalue weighted by atomic mass is 10.3. The van der Waals surface area contributed by atoms with Gasteiger partial charge >= 0.3 is 0 Å². The fourth-order valence-electron chi connectivity index (χ4n) is 1.90. The monoisotopic (exact) mass is 364 g/mol. The van der Waals surface area contributed by atoms with Crippen LogP contribution in [0, 0.1) is 6.92 Å². The number of benzene rings is 1. The summed E-state index contributed by atoms with van der Waals surface area (Å²) in [5.74, 6) is 0.869. The Kier molecular flexibility index (Phi) is 6.58. The molecule has 0 atom stereocenters. The van der Waals surface area contributed by atoms with Crippen molar-refractivity contribution in [3.8, 4) is 5.75 Å². The number of hydrogen-bond acceptors (Lipinski definition) is 4. The summed E-state index contributed by atoms with van der Waals surface area (Å²) in [7, 11) is 0. The van der Waals surface area contributed by atoms with Gasteiger partial charge in [0.25, 0.3) is 0 Å². The Balaban J connectivity index is 1.98. The molecule has 6 heteroatoms. The molecule has 0 saturated carbocycles. The molecule has 0 bridgehead atoms. The number of aromatic nitrogens is 2. The first-order valence-electron chi connectivity index (χ1n) is 7.47. The largest absolute Gasteiger partial charge is 0.494 e. The standard InChI is InChI=1S/C16H21BrN4O/c1-3-4-11-22-15-7-5-14(6-8-15)19-20-16-12-18-21(10-9-17)13(16)2/h5-8,12H,3-4,9-11H2,1-2H3. The smallest absolute Gasteiger partial charge is 0.126 e. The van der Waals surface area contributed by atoms with E-state index in [9.17, 15) is 0 Å². The van der Waals surface area contributed by atoms with Crippen molar-refractivity contribution in [2.45, 2.75) is 33.2 Å². The number of rotatable bonds is 8. The van der Waals surface area contributed by atoms with Crippen molar-refractivity contribution in [2.75, 3.05) is 11.9 Å². The van der Waals surface area contributed by atoms with Crippen LogP contribution in [0.1, 0.15) is 25.5 Å². The highest BCUT2D eigenvalue weighted by Gasteiger charge is 2.04. The fraction of sp³-hybridized carbons (Fsp3) is 0.438. The number of aryl methyl sites for hydroxylation is 1. The van der Waals surface area contributed by atoms with E-state index in [1.54, 1.807) is 6.20 Å². The van der Waals surface area contributed by atoms with E-state index < -0.39 is 0 Å². The van der Waals surface area contributed by atoms with E-state index in [1.165, 1.54) is 0 Å². The number of unbranched alkanes of at least 4 members (excludes halogenated alkanes) is 1. The molecule has 118 valence electrons. The molecule has 0 amide bonds. The second-order valence-corrected chi connectivity index (χ2v) is 5.72. The number of azo groups is 1. The van der Waals surface area contributed by atoms with Crippen LogP contribution in [0.3, 0.4) is 0 Å². The van der Waals surface area contributed by atoms with Gasteiger partial charge < -0.3 is 4.74 Å². The van der Waals surface area contributed by atoms with Crippen molar-refractivity contribution in [1.29, 1.82) is 0 Å². The van der Waals surface area contributed by atoms with Crippen molar-refractivity contribution in [3.05, 3.63) is 36.2 Å². The Morgan fingerprint density at radius 3 is 2.68 bits per heavy atom. The van der Waals surface area contributed by atoms with Crippen LogP contribution in [0.5, 0.6) is 5.75 Å². The lowest BCUT2D eigenvalue weighted by Gasteiger charge is -2.04. The maximum Gasteiger partial charge on any atom is 0.126 e. The van der Waals surface area contributed by atoms with E-state index in [0.717, 1.165) is 54.1 Å². The lowest BCUT2D eigenvalue weighted by Crippen LogP contribution is -2.02. The average Bonchev–Trinajstić information content (AvgIpc) is 2.88. The van der Waals surface area contributed by atoms with Gasteiger partial charge in [-0.3, -0.25) is 4.68 Å². The normalized spacial score (nSPS) is 11.2. The summed E-state index contributed by atoms with van der Waals surface area (Å²) in [6.45, 7) is 5.72. The zero-order chi connectivity index (χ0) is 15.8. The Hall–Kier alpha value is -1.69. The molecule has 0 N–H and O–H groups in total. The summed E-state index contributed by atoms with van der Waals surface area (Å²) in [5.41, 5.74) is 2.61. The molecule has 0 fully saturated rings. The summed E-state index contributed by atoms with van der Waals surface area (Å²) < 4.78 is 7.53. The van der Waals surface area contributed by atoms with Gasteiger partial charge in [0.2, 0.25) is 0 Å². The highest BCUT2D eigenvalue weighted by atomic mass is 79.9. The van der Waals surface area contributed by atoms with Crippen LogP contribution < -0.4 is 4.74 Å². The van der Waals surface area contributed by atoms with Crippen LogP contribution in [0.15, 0.2) is 40.7 Å². The molecule has 2 aromatic rings. The maximum atomic E-state index is 5.62. The summed E-state index contributed by atoms with van der Waals surface area (Å²) in [5, 5.41) is 13.7. The van der Waals surface area contributed by atoms with Gasteiger partial charge in [-0.15, -0.1) is 5.11 Å². The number of hydrogen-bond donors (Lipinski definition) is 0. The van der Waals surface area contributed by atoms with E-state index in [1.807, 2.05) is 35.9 Å². The topological polar surface area (TPSA) is 51.8 Å². The van der Waals surface area contributed by atoms with E-state index in [2.05, 4.69) is 38.2 Å². The van der Waals surface area contributed by atoms with Crippen molar-refractivity contribution in [2.24, 2.45) is 10.2 Å². The molecule has 0 saturated heterocycles. The lowest BCUT2D eigenvalue weighted by molar-refractivity contribution is 0.309. The zero-order valence-corrected chi connectivity index (χ0v) is 14.6. The molecule has 1 heterocycles. The Morgan fingerprint density at radius 2 is 2.00 bits per heavy atom. The van der Waals surface area contributed by atoms with Crippen molar-refractivity contribution >= 4 is 27.3 Å². The molecule has 0 aliphatic heterocycles. The Morgan fingerprint density at radius 1 is 1.23 bits per heavy atom. The molecular formula is C16H21BrN4O. The fourth-order valence-corrected chi connectivity index (χ4v) is 2.23. The van der Waals surface area contributed by atoms with E-state index in [0.29, 0.717) is 0 Å². The Bertz CT molecular complexity index is 607. The second-order valence-electron chi connectivity index (χ2n) is 4.92. The molecule has 0 spiro atoms. The minimum absolute atomic E-state index is 0.753. The predicted molar refractivity (Wildman–Crippen MR) is 91.8 cm³/mol. The van der Waals surface area contributed by atoms with E-state index >= 15 is 0 Å². The molecule has 0 unspecified atom stereocenters. The van der Waals surface area contributed by atoms with Crippen LogP contribution in [0.2, 0.25) is 0 Å². The van der Waals surface area contributed by atoms with Gasteiger partial charge in [-0.2, -0.15) is 10.2 Å². The maximum absolute atomic E-state index is 5.62. The van der Waals surface area contributed by atoms with Gasteiger partial charge in [-0.05, 0) is 37.6 Å². The van der Waals surface area contributed by atoms with Crippen LogP contribution in [-0.4, -0.2) is 21.7 Å². The van der Waals surface area contributed by atoms with E-state index in [-0.39, 0.29) is 0 Å². The third-order valence-electron chi connectivity index (χ3n) is 3.25. The van der Waals surface area contributed by atoms with Crippen LogP contribution in [0.25, 0.3) is 0 Å². The van der Waals surface area contributed by atoms with Gasteiger partial charge in [-0.1, -0.05) is 29.3 Å². The van der Waals surface area contributed by atoms with Crippen LogP contribution >= 0.6 is 15.9 Å².